The summed E-state index contributed by atoms with van der Waals surface area (Å²) in [6.45, 7) is 1.35. The van der Waals surface area contributed by atoms with Gasteiger partial charge in [-0.3, -0.25) is 14.9 Å². The molecule has 0 unspecified atom stereocenters. The maximum Gasteiger partial charge on any atom is 0.254 e. The van der Waals surface area contributed by atoms with Gasteiger partial charge in [0, 0.05) is 30.3 Å². The molecule has 1 aromatic carbocycles. The minimum atomic E-state index is -0.383. The van der Waals surface area contributed by atoms with Crippen molar-refractivity contribution in [3.8, 4) is 6.07 Å². The lowest BCUT2D eigenvalue weighted by atomic mass is 9.98. The first kappa shape index (κ1) is 19.4. The highest BCUT2D eigenvalue weighted by Crippen LogP contribution is 2.29. The van der Waals surface area contributed by atoms with Crippen molar-refractivity contribution in [3.63, 3.8) is 0 Å². The summed E-state index contributed by atoms with van der Waals surface area (Å²) in [6, 6.07) is 8.36. The molecule has 2 amide bonds. The number of carbonyl (C=O) groups excluding carboxylic acids is 2. The zero-order chi connectivity index (χ0) is 22.5. The van der Waals surface area contributed by atoms with Gasteiger partial charge in [-0.2, -0.15) is 24.8 Å². The largest absolute Gasteiger partial charge is 0.351 e. The first-order valence-corrected chi connectivity index (χ1v) is 10.9. The van der Waals surface area contributed by atoms with E-state index in [2.05, 4.69) is 26.7 Å². The number of nitriles is 1. The van der Waals surface area contributed by atoms with Crippen molar-refractivity contribution in [2.45, 2.75) is 38.3 Å². The highest BCUT2D eigenvalue weighted by atomic mass is 16.2. The average Bonchev–Trinajstić information content (AvgIpc) is 3.46. The Morgan fingerprint density at radius 3 is 2.85 bits per heavy atom. The van der Waals surface area contributed by atoms with Crippen LogP contribution in [0.3, 0.4) is 0 Å². The number of amides is 2. The van der Waals surface area contributed by atoms with Gasteiger partial charge in [-0.25, -0.2) is 0 Å². The number of anilines is 2. The summed E-state index contributed by atoms with van der Waals surface area (Å²) in [5.41, 5.74) is 4.58. The Kier molecular flexibility index (Phi) is 4.36. The third-order valence-corrected chi connectivity index (χ3v) is 6.15. The molecule has 6 rings (SSSR count). The van der Waals surface area contributed by atoms with E-state index < -0.39 is 0 Å². The number of aromatic nitrogens is 4. The number of fused-ring (bicyclic) bond motifs is 2. The van der Waals surface area contributed by atoms with Gasteiger partial charge in [-0.05, 0) is 48.6 Å². The molecule has 33 heavy (non-hydrogen) atoms. The Morgan fingerprint density at radius 2 is 2.09 bits per heavy atom. The van der Waals surface area contributed by atoms with Crippen LogP contribution in [0, 0.1) is 11.3 Å². The molecule has 0 atom stereocenters. The van der Waals surface area contributed by atoms with Crippen LogP contribution >= 0.6 is 0 Å². The molecule has 0 radical (unpaired) electrons. The smallest absolute Gasteiger partial charge is 0.254 e. The van der Waals surface area contributed by atoms with Gasteiger partial charge in [0.25, 0.3) is 5.91 Å². The third kappa shape index (κ3) is 3.57. The van der Waals surface area contributed by atoms with Crippen LogP contribution in [0.15, 0.2) is 30.0 Å². The molecule has 2 aromatic heterocycles. The number of rotatable bonds is 4. The predicted molar refractivity (Wildman–Crippen MR) is 119 cm³/mol. The molecule has 1 saturated heterocycles. The molecule has 2 N–H and O–H groups in total. The monoisotopic (exact) mass is 440 g/mol. The van der Waals surface area contributed by atoms with Crippen LogP contribution in [-0.2, 0) is 22.6 Å². The lowest BCUT2D eigenvalue weighted by Gasteiger charge is -2.29. The van der Waals surface area contributed by atoms with E-state index in [-0.39, 0.29) is 18.2 Å². The second-order valence-electron chi connectivity index (χ2n) is 8.59. The Balaban J connectivity index is 1.41. The van der Waals surface area contributed by atoms with E-state index in [4.69, 9.17) is 9.97 Å². The van der Waals surface area contributed by atoms with E-state index in [1.165, 1.54) is 5.56 Å². The lowest BCUT2D eigenvalue weighted by Crippen LogP contribution is -2.32. The van der Waals surface area contributed by atoms with Crippen LogP contribution < -0.4 is 15.5 Å². The van der Waals surface area contributed by atoms with E-state index in [0.717, 1.165) is 31.4 Å². The molecule has 10 nitrogen and oxygen atoms in total. The number of benzene rings is 1. The third-order valence-electron chi connectivity index (χ3n) is 6.15. The van der Waals surface area contributed by atoms with Crippen molar-refractivity contribution >= 4 is 35.4 Å². The maximum atomic E-state index is 12.0. The topological polar surface area (TPSA) is 128 Å². The van der Waals surface area contributed by atoms with Crippen molar-refractivity contribution in [1.29, 1.82) is 5.26 Å². The molecule has 1 aliphatic carbocycles. The van der Waals surface area contributed by atoms with Crippen LogP contribution in [0.5, 0.6) is 0 Å². The highest BCUT2D eigenvalue weighted by molar-refractivity contribution is 6.15. The summed E-state index contributed by atoms with van der Waals surface area (Å²) in [5.74, 6) is 0.472. The fourth-order valence-electron chi connectivity index (χ4n) is 4.24. The SMILES string of the molecule is N#Cc1ccc2c(c1)CN(c1nc(NC3CC3)n3ncc(/C=C4\CC(=O)NC4=O)c3n1)CC2. The fourth-order valence-corrected chi connectivity index (χ4v) is 4.24. The molecule has 3 aliphatic rings. The summed E-state index contributed by atoms with van der Waals surface area (Å²) in [4.78, 5) is 35.3. The summed E-state index contributed by atoms with van der Waals surface area (Å²) in [6.07, 6.45) is 6.35. The van der Waals surface area contributed by atoms with Gasteiger partial charge < -0.3 is 10.2 Å². The zero-order valence-electron chi connectivity index (χ0n) is 17.7. The van der Waals surface area contributed by atoms with Crippen molar-refractivity contribution in [3.05, 3.63) is 52.2 Å². The van der Waals surface area contributed by atoms with E-state index in [1.807, 2.05) is 18.2 Å². The molecular formula is C23H20N8O2. The molecule has 0 spiro atoms. The predicted octanol–water partition coefficient (Wildman–Crippen LogP) is 1.56. The van der Waals surface area contributed by atoms with Crippen molar-refractivity contribution < 1.29 is 9.59 Å². The fraction of sp³-hybridized carbons (Fsp3) is 0.304. The van der Waals surface area contributed by atoms with Crippen LogP contribution in [0.2, 0.25) is 0 Å². The highest BCUT2D eigenvalue weighted by Gasteiger charge is 2.27. The molecule has 4 heterocycles. The summed E-state index contributed by atoms with van der Waals surface area (Å²) in [5, 5.41) is 19.4. The average molecular weight is 440 g/mol. The molecule has 3 aromatic rings. The molecule has 2 fully saturated rings. The number of hydrogen-bond donors (Lipinski definition) is 2. The second-order valence-corrected chi connectivity index (χ2v) is 8.59. The van der Waals surface area contributed by atoms with E-state index in [9.17, 15) is 14.9 Å². The Bertz CT molecular complexity index is 1400. The van der Waals surface area contributed by atoms with E-state index >= 15 is 0 Å². The first-order valence-electron chi connectivity index (χ1n) is 10.9. The lowest BCUT2D eigenvalue weighted by molar-refractivity contribution is -0.124. The zero-order valence-corrected chi connectivity index (χ0v) is 17.7. The van der Waals surface area contributed by atoms with Crippen molar-refractivity contribution in [2.75, 3.05) is 16.8 Å². The van der Waals surface area contributed by atoms with Gasteiger partial charge in [0.1, 0.15) is 0 Å². The standard InChI is InChI=1S/C23H20N8O2/c24-10-13-1-2-14-5-6-30(12-17(14)7-13)22-28-20-16(8-15-9-19(32)27-21(15)33)11-25-31(20)23(29-22)26-18-3-4-18/h1-2,7-8,11,18H,3-6,9,12H2,(H,26,28,29)(H,27,32,33)/b15-8+. The van der Waals surface area contributed by atoms with Gasteiger partial charge in [0.05, 0.1) is 24.3 Å². The normalized spacial score (nSPS) is 19.0. The van der Waals surface area contributed by atoms with E-state index in [0.29, 0.717) is 46.8 Å². The number of nitrogens with one attached hydrogen (secondary N) is 2. The molecule has 0 bridgehead atoms. The minimum Gasteiger partial charge on any atom is -0.351 e. The molecule has 10 heteroatoms. The Labute approximate surface area is 188 Å². The second kappa shape index (κ2) is 7.41. The van der Waals surface area contributed by atoms with Gasteiger partial charge in [0.2, 0.25) is 17.8 Å². The van der Waals surface area contributed by atoms with Crippen LogP contribution in [0.25, 0.3) is 11.7 Å². The van der Waals surface area contributed by atoms with Crippen LogP contribution in [-0.4, -0.2) is 44.0 Å². The first-order chi connectivity index (χ1) is 16.1. The van der Waals surface area contributed by atoms with Crippen molar-refractivity contribution in [2.24, 2.45) is 0 Å². The molecular weight excluding hydrogens is 420 g/mol. The Morgan fingerprint density at radius 1 is 1.21 bits per heavy atom. The van der Waals surface area contributed by atoms with Gasteiger partial charge in [-0.15, -0.1) is 0 Å². The van der Waals surface area contributed by atoms with E-state index in [1.54, 1.807) is 16.8 Å². The minimum absolute atomic E-state index is 0.0471. The van der Waals surface area contributed by atoms with Crippen LogP contribution in [0.1, 0.15) is 41.5 Å². The number of imide groups is 1. The number of hydrogen-bond acceptors (Lipinski definition) is 8. The quantitative estimate of drug-likeness (QED) is 0.462. The summed E-state index contributed by atoms with van der Waals surface area (Å²) in [7, 11) is 0. The maximum absolute atomic E-state index is 12.0. The summed E-state index contributed by atoms with van der Waals surface area (Å²) < 4.78 is 1.65. The Hall–Kier alpha value is -4.26. The number of carbonyl (C=O) groups is 2. The van der Waals surface area contributed by atoms with Gasteiger partial charge in [-0.1, -0.05) is 6.07 Å². The van der Waals surface area contributed by atoms with Crippen molar-refractivity contribution in [1.82, 2.24) is 24.9 Å². The summed E-state index contributed by atoms with van der Waals surface area (Å²) >= 11 is 0. The number of nitrogens with zero attached hydrogens (tertiary/aromatic N) is 6. The van der Waals surface area contributed by atoms with Gasteiger partial charge in [0.15, 0.2) is 5.65 Å². The van der Waals surface area contributed by atoms with Crippen LogP contribution in [0.4, 0.5) is 11.9 Å². The van der Waals surface area contributed by atoms with Gasteiger partial charge >= 0.3 is 0 Å². The molecule has 164 valence electrons. The molecule has 2 aliphatic heterocycles. The molecule has 1 saturated carbocycles.